The molecule has 0 aliphatic carbocycles. The molecule has 1 heterocycles. The minimum Gasteiger partial charge on any atom is -0.478 e. The van der Waals surface area contributed by atoms with Gasteiger partial charge < -0.3 is 10.4 Å². The van der Waals surface area contributed by atoms with Crippen molar-refractivity contribution in [2.45, 2.75) is 26.2 Å². The van der Waals surface area contributed by atoms with Crippen LogP contribution in [-0.2, 0) is 21.2 Å². The molecule has 0 radical (unpaired) electrons. The third-order valence-corrected chi connectivity index (χ3v) is 6.25. The maximum Gasteiger partial charge on any atom is 0.335 e. The van der Waals surface area contributed by atoms with Crippen molar-refractivity contribution in [1.82, 2.24) is 9.62 Å². The number of piperidine rings is 1. The van der Waals surface area contributed by atoms with E-state index in [4.69, 9.17) is 5.11 Å². The standard InChI is InChI=1S/C17H24N2O5S/c1-2-25(23,24)19-10-4-7-15(12-19)16(20)18-9-8-13-5-3-6-14(11-13)17(21)22/h3,5-6,11,15H,2,4,7-10,12H2,1H3,(H,18,20)(H,21,22)/t15-/m1/s1. The van der Waals surface area contributed by atoms with Gasteiger partial charge in [0.15, 0.2) is 0 Å². The van der Waals surface area contributed by atoms with Gasteiger partial charge in [0.2, 0.25) is 15.9 Å². The van der Waals surface area contributed by atoms with Gasteiger partial charge in [0.25, 0.3) is 0 Å². The summed E-state index contributed by atoms with van der Waals surface area (Å²) < 4.78 is 25.3. The second-order valence-electron chi connectivity index (χ2n) is 6.14. The van der Waals surface area contributed by atoms with Crippen LogP contribution in [0.15, 0.2) is 24.3 Å². The first-order chi connectivity index (χ1) is 11.8. The molecule has 138 valence electrons. The van der Waals surface area contributed by atoms with Crippen molar-refractivity contribution in [2.75, 3.05) is 25.4 Å². The van der Waals surface area contributed by atoms with Gasteiger partial charge in [0.05, 0.1) is 17.2 Å². The number of sulfonamides is 1. The van der Waals surface area contributed by atoms with E-state index < -0.39 is 16.0 Å². The highest BCUT2D eigenvalue weighted by Crippen LogP contribution is 2.19. The fourth-order valence-electron chi connectivity index (χ4n) is 2.93. The minimum atomic E-state index is -3.27. The summed E-state index contributed by atoms with van der Waals surface area (Å²) in [7, 11) is -3.27. The van der Waals surface area contributed by atoms with E-state index >= 15 is 0 Å². The Bertz CT molecular complexity index is 732. The molecule has 8 heteroatoms. The second-order valence-corrected chi connectivity index (χ2v) is 8.40. The number of carboxylic acid groups (broad SMARTS) is 1. The fraction of sp³-hybridized carbons (Fsp3) is 0.529. The summed E-state index contributed by atoms with van der Waals surface area (Å²) >= 11 is 0. The molecule has 0 saturated carbocycles. The predicted octanol–water partition coefficient (Wildman–Crippen LogP) is 1.11. The Balaban J connectivity index is 1.86. The van der Waals surface area contributed by atoms with E-state index in [-0.39, 0.29) is 29.7 Å². The van der Waals surface area contributed by atoms with Crippen LogP contribution in [0.2, 0.25) is 0 Å². The van der Waals surface area contributed by atoms with Crippen LogP contribution in [-0.4, -0.2) is 55.1 Å². The third-order valence-electron chi connectivity index (χ3n) is 4.40. The van der Waals surface area contributed by atoms with Crippen LogP contribution in [0.5, 0.6) is 0 Å². The molecule has 0 aromatic heterocycles. The fourth-order valence-corrected chi connectivity index (χ4v) is 4.11. The number of carbonyl (C=O) groups excluding carboxylic acids is 1. The Morgan fingerprint density at radius 3 is 2.80 bits per heavy atom. The lowest BCUT2D eigenvalue weighted by Crippen LogP contribution is -2.46. The first-order valence-corrected chi connectivity index (χ1v) is 10.0. The maximum atomic E-state index is 12.3. The van der Waals surface area contributed by atoms with Crippen molar-refractivity contribution in [3.8, 4) is 0 Å². The molecule has 0 bridgehead atoms. The molecule has 2 rings (SSSR count). The van der Waals surface area contributed by atoms with E-state index in [2.05, 4.69) is 5.32 Å². The van der Waals surface area contributed by atoms with Gasteiger partial charge in [-0.05, 0) is 43.9 Å². The summed E-state index contributed by atoms with van der Waals surface area (Å²) in [6.07, 6.45) is 1.88. The molecule has 1 aliphatic heterocycles. The highest BCUT2D eigenvalue weighted by atomic mass is 32.2. The molecule has 0 unspecified atom stereocenters. The van der Waals surface area contributed by atoms with Gasteiger partial charge >= 0.3 is 5.97 Å². The average Bonchev–Trinajstić information content (AvgIpc) is 2.62. The number of hydrogen-bond donors (Lipinski definition) is 2. The summed E-state index contributed by atoms with van der Waals surface area (Å²) in [5.74, 6) is -1.42. The van der Waals surface area contributed by atoms with E-state index in [1.54, 1.807) is 19.1 Å². The number of nitrogens with one attached hydrogen (secondary N) is 1. The zero-order chi connectivity index (χ0) is 18.4. The zero-order valence-electron chi connectivity index (χ0n) is 14.3. The molecule has 25 heavy (non-hydrogen) atoms. The molecule has 1 aliphatic rings. The van der Waals surface area contributed by atoms with Crippen LogP contribution in [0, 0.1) is 5.92 Å². The number of benzene rings is 1. The van der Waals surface area contributed by atoms with Crippen molar-refractivity contribution in [1.29, 1.82) is 0 Å². The van der Waals surface area contributed by atoms with E-state index in [0.29, 0.717) is 32.4 Å². The SMILES string of the molecule is CCS(=O)(=O)N1CCC[C@@H](C(=O)NCCc2cccc(C(=O)O)c2)C1. The minimum absolute atomic E-state index is 0.0429. The van der Waals surface area contributed by atoms with Gasteiger partial charge in [-0.1, -0.05) is 12.1 Å². The Hall–Kier alpha value is -1.93. The zero-order valence-corrected chi connectivity index (χ0v) is 15.1. The lowest BCUT2D eigenvalue weighted by molar-refractivity contribution is -0.126. The van der Waals surface area contributed by atoms with E-state index in [0.717, 1.165) is 5.56 Å². The van der Waals surface area contributed by atoms with Crippen molar-refractivity contribution in [3.05, 3.63) is 35.4 Å². The summed E-state index contributed by atoms with van der Waals surface area (Å²) in [5.41, 5.74) is 1.05. The number of aromatic carboxylic acids is 1. The predicted molar refractivity (Wildman–Crippen MR) is 93.9 cm³/mol. The first kappa shape index (κ1) is 19.4. The van der Waals surface area contributed by atoms with Gasteiger partial charge in [0.1, 0.15) is 0 Å². The van der Waals surface area contributed by atoms with Crippen LogP contribution in [0.1, 0.15) is 35.7 Å². The Morgan fingerprint density at radius 2 is 2.12 bits per heavy atom. The number of rotatable bonds is 7. The molecule has 7 nitrogen and oxygen atoms in total. The van der Waals surface area contributed by atoms with Crippen molar-refractivity contribution < 1.29 is 23.1 Å². The number of hydrogen-bond acceptors (Lipinski definition) is 4. The van der Waals surface area contributed by atoms with E-state index in [1.807, 2.05) is 6.07 Å². The van der Waals surface area contributed by atoms with Crippen molar-refractivity contribution >= 4 is 21.9 Å². The van der Waals surface area contributed by atoms with Crippen molar-refractivity contribution in [3.63, 3.8) is 0 Å². The Kier molecular flexibility index (Phi) is 6.55. The summed E-state index contributed by atoms with van der Waals surface area (Å²) in [6, 6.07) is 6.60. The van der Waals surface area contributed by atoms with E-state index in [9.17, 15) is 18.0 Å². The van der Waals surface area contributed by atoms with Crippen molar-refractivity contribution in [2.24, 2.45) is 5.92 Å². The molecule has 1 saturated heterocycles. The Morgan fingerprint density at radius 1 is 1.36 bits per heavy atom. The van der Waals surface area contributed by atoms with Crippen LogP contribution < -0.4 is 5.32 Å². The highest BCUT2D eigenvalue weighted by Gasteiger charge is 2.31. The molecule has 1 amide bonds. The van der Waals surface area contributed by atoms with Gasteiger partial charge in [-0.25, -0.2) is 17.5 Å². The normalized spacial score (nSPS) is 18.7. The molecule has 1 aromatic rings. The molecule has 1 fully saturated rings. The molecule has 1 aromatic carbocycles. The van der Waals surface area contributed by atoms with Crippen LogP contribution in [0.4, 0.5) is 0 Å². The highest BCUT2D eigenvalue weighted by molar-refractivity contribution is 7.89. The van der Waals surface area contributed by atoms with Gasteiger partial charge in [0, 0.05) is 19.6 Å². The first-order valence-electron chi connectivity index (χ1n) is 8.41. The summed E-state index contributed by atoms with van der Waals surface area (Å²) in [6.45, 7) is 2.70. The summed E-state index contributed by atoms with van der Waals surface area (Å²) in [5, 5.41) is 11.8. The largest absolute Gasteiger partial charge is 0.478 e. The molecule has 1 atom stereocenters. The quantitative estimate of drug-likeness (QED) is 0.750. The number of amides is 1. The van der Waals surface area contributed by atoms with Crippen LogP contribution in [0.25, 0.3) is 0 Å². The van der Waals surface area contributed by atoms with Crippen LogP contribution in [0.3, 0.4) is 0 Å². The summed E-state index contributed by atoms with van der Waals surface area (Å²) in [4.78, 5) is 23.3. The molecule has 2 N–H and O–H groups in total. The Labute approximate surface area is 148 Å². The van der Waals surface area contributed by atoms with Crippen LogP contribution >= 0.6 is 0 Å². The van der Waals surface area contributed by atoms with Gasteiger partial charge in [-0.3, -0.25) is 4.79 Å². The average molecular weight is 368 g/mol. The van der Waals surface area contributed by atoms with Gasteiger partial charge in [-0.2, -0.15) is 0 Å². The number of nitrogens with zero attached hydrogens (tertiary/aromatic N) is 1. The lowest BCUT2D eigenvalue weighted by Gasteiger charge is -2.30. The molecular weight excluding hydrogens is 344 g/mol. The second kappa shape index (κ2) is 8.44. The maximum absolute atomic E-state index is 12.3. The lowest BCUT2D eigenvalue weighted by atomic mass is 9.98. The number of carbonyl (C=O) groups is 2. The molecular formula is C17H24N2O5S. The van der Waals surface area contributed by atoms with E-state index in [1.165, 1.54) is 10.4 Å². The smallest absolute Gasteiger partial charge is 0.335 e. The number of carboxylic acids is 1. The molecule has 0 spiro atoms. The topological polar surface area (TPSA) is 104 Å². The van der Waals surface area contributed by atoms with Gasteiger partial charge in [-0.15, -0.1) is 0 Å². The third kappa shape index (κ3) is 5.27. The monoisotopic (exact) mass is 368 g/mol.